The Bertz CT molecular complexity index is 725. The van der Waals surface area contributed by atoms with E-state index in [1.54, 1.807) is 29.5 Å². The summed E-state index contributed by atoms with van der Waals surface area (Å²) in [5, 5.41) is 4.80. The van der Waals surface area contributed by atoms with Crippen LogP contribution in [-0.4, -0.2) is 21.4 Å². The first-order chi connectivity index (χ1) is 10.5. The van der Waals surface area contributed by atoms with E-state index in [9.17, 15) is 13.2 Å². The number of nitrogens with one attached hydrogen (secondary N) is 2. The van der Waals surface area contributed by atoms with E-state index in [2.05, 4.69) is 10.0 Å². The van der Waals surface area contributed by atoms with Gasteiger partial charge in [0.2, 0.25) is 15.9 Å². The first kappa shape index (κ1) is 16.7. The number of carbonyl (C=O) groups is 1. The summed E-state index contributed by atoms with van der Waals surface area (Å²) in [6.07, 6.45) is 1.15. The molecule has 0 saturated heterocycles. The van der Waals surface area contributed by atoms with Crippen LogP contribution in [0.25, 0.3) is 0 Å². The van der Waals surface area contributed by atoms with Gasteiger partial charge < -0.3 is 5.32 Å². The second-order valence-corrected chi connectivity index (χ2v) is 7.63. The predicted molar refractivity (Wildman–Crippen MR) is 87.2 cm³/mol. The maximum Gasteiger partial charge on any atom is 0.240 e. The van der Waals surface area contributed by atoms with Crippen molar-refractivity contribution in [3.05, 3.63) is 52.2 Å². The third kappa shape index (κ3) is 4.66. The molecule has 2 rings (SSSR count). The fourth-order valence-electron chi connectivity index (χ4n) is 1.92. The highest BCUT2D eigenvalue weighted by molar-refractivity contribution is 7.89. The van der Waals surface area contributed by atoms with Crippen LogP contribution in [-0.2, 0) is 27.8 Å². The normalized spacial score (nSPS) is 11.3. The molecule has 2 aromatic rings. The molecule has 0 aliphatic carbocycles. The SMILES string of the molecule is CNS(=O)(=O)c1cccc(CNC(=O)CCc2cccs2)c1. The summed E-state index contributed by atoms with van der Waals surface area (Å²) in [4.78, 5) is 13.2. The number of rotatable bonds is 7. The Hall–Kier alpha value is -1.70. The topological polar surface area (TPSA) is 75.3 Å². The van der Waals surface area contributed by atoms with Crippen LogP contribution >= 0.6 is 11.3 Å². The zero-order valence-electron chi connectivity index (χ0n) is 12.2. The lowest BCUT2D eigenvalue weighted by Gasteiger charge is -2.07. The molecular weight excluding hydrogens is 320 g/mol. The fourth-order valence-corrected chi connectivity index (χ4v) is 3.43. The number of carbonyl (C=O) groups excluding carboxylic acids is 1. The van der Waals surface area contributed by atoms with Crippen LogP contribution in [0.1, 0.15) is 16.9 Å². The molecule has 1 aromatic heterocycles. The average Bonchev–Trinajstić information content (AvgIpc) is 3.04. The third-order valence-electron chi connectivity index (χ3n) is 3.15. The lowest BCUT2D eigenvalue weighted by molar-refractivity contribution is -0.121. The molecule has 1 aromatic carbocycles. The Balaban J connectivity index is 1.89. The van der Waals surface area contributed by atoms with Gasteiger partial charge in [-0.2, -0.15) is 0 Å². The van der Waals surface area contributed by atoms with Gasteiger partial charge in [-0.3, -0.25) is 4.79 Å². The van der Waals surface area contributed by atoms with Crippen molar-refractivity contribution in [2.24, 2.45) is 0 Å². The van der Waals surface area contributed by atoms with Crippen molar-refractivity contribution >= 4 is 27.3 Å². The van der Waals surface area contributed by atoms with Crippen LogP contribution in [0.3, 0.4) is 0 Å². The van der Waals surface area contributed by atoms with Crippen molar-refractivity contribution in [3.63, 3.8) is 0 Å². The average molecular weight is 338 g/mol. The molecule has 0 saturated carbocycles. The monoisotopic (exact) mass is 338 g/mol. The van der Waals surface area contributed by atoms with Crippen molar-refractivity contribution in [2.75, 3.05) is 7.05 Å². The molecule has 0 fully saturated rings. The second kappa shape index (κ2) is 7.53. The Morgan fingerprint density at radius 1 is 1.23 bits per heavy atom. The molecule has 7 heteroatoms. The second-order valence-electron chi connectivity index (χ2n) is 4.71. The molecular formula is C15H18N2O3S2. The largest absolute Gasteiger partial charge is 0.352 e. The van der Waals surface area contributed by atoms with Crippen molar-refractivity contribution in [1.29, 1.82) is 0 Å². The van der Waals surface area contributed by atoms with Crippen LogP contribution in [0.5, 0.6) is 0 Å². The van der Waals surface area contributed by atoms with Crippen molar-refractivity contribution < 1.29 is 13.2 Å². The van der Waals surface area contributed by atoms with Crippen molar-refractivity contribution in [2.45, 2.75) is 24.3 Å². The number of hydrogen-bond donors (Lipinski definition) is 2. The summed E-state index contributed by atoms with van der Waals surface area (Å²) in [6.45, 7) is 0.316. The molecule has 0 atom stereocenters. The maximum atomic E-state index is 11.8. The van der Waals surface area contributed by atoms with Gasteiger partial charge in [-0.15, -0.1) is 11.3 Å². The van der Waals surface area contributed by atoms with E-state index in [1.807, 2.05) is 17.5 Å². The van der Waals surface area contributed by atoms with E-state index in [1.165, 1.54) is 18.0 Å². The van der Waals surface area contributed by atoms with E-state index in [0.717, 1.165) is 12.0 Å². The standard InChI is InChI=1S/C15H18N2O3S2/c1-16-22(19,20)14-6-2-4-12(10-14)11-17-15(18)8-7-13-5-3-9-21-13/h2-6,9-10,16H,7-8,11H2,1H3,(H,17,18). The van der Waals surface area contributed by atoms with Crippen molar-refractivity contribution in [3.8, 4) is 0 Å². The molecule has 0 unspecified atom stereocenters. The first-order valence-corrected chi connectivity index (χ1v) is 9.19. The quantitative estimate of drug-likeness (QED) is 0.810. The third-order valence-corrected chi connectivity index (χ3v) is 5.49. The number of amides is 1. The molecule has 0 aliphatic heterocycles. The minimum absolute atomic E-state index is 0.0460. The maximum absolute atomic E-state index is 11.8. The van der Waals surface area contributed by atoms with Gasteiger partial charge in [-0.25, -0.2) is 13.1 Å². The van der Waals surface area contributed by atoms with E-state index in [-0.39, 0.29) is 10.8 Å². The summed E-state index contributed by atoms with van der Waals surface area (Å²) in [7, 11) is -2.09. The summed E-state index contributed by atoms with van der Waals surface area (Å²) in [6, 6.07) is 10.5. The molecule has 118 valence electrons. The summed E-state index contributed by atoms with van der Waals surface area (Å²) in [5.41, 5.74) is 0.751. The van der Waals surface area contributed by atoms with E-state index >= 15 is 0 Å². The molecule has 0 radical (unpaired) electrons. The number of thiophene rings is 1. The van der Waals surface area contributed by atoms with E-state index in [0.29, 0.717) is 13.0 Å². The molecule has 0 aliphatic rings. The van der Waals surface area contributed by atoms with Gasteiger partial charge in [0.25, 0.3) is 0 Å². The van der Waals surface area contributed by atoms with Gasteiger partial charge in [0.1, 0.15) is 0 Å². The Kier molecular flexibility index (Phi) is 5.70. The zero-order valence-corrected chi connectivity index (χ0v) is 13.8. The van der Waals surface area contributed by atoms with Crippen LogP contribution in [0, 0.1) is 0 Å². The lowest BCUT2D eigenvalue weighted by Crippen LogP contribution is -2.23. The van der Waals surface area contributed by atoms with E-state index in [4.69, 9.17) is 0 Å². The lowest BCUT2D eigenvalue weighted by atomic mass is 10.2. The Labute approximate surface area is 134 Å². The van der Waals surface area contributed by atoms with Gasteiger partial charge in [0, 0.05) is 17.8 Å². The Morgan fingerprint density at radius 2 is 2.05 bits per heavy atom. The predicted octanol–water partition coefficient (Wildman–Crippen LogP) is 1.91. The molecule has 2 N–H and O–H groups in total. The summed E-state index contributed by atoms with van der Waals surface area (Å²) in [5.74, 6) is -0.0460. The molecule has 0 spiro atoms. The zero-order chi connectivity index (χ0) is 16.0. The molecule has 22 heavy (non-hydrogen) atoms. The van der Waals surface area contributed by atoms with Gasteiger partial charge in [0.05, 0.1) is 4.90 Å². The highest BCUT2D eigenvalue weighted by Crippen LogP contribution is 2.12. The van der Waals surface area contributed by atoms with Gasteiger partial charge in [0.15, 0.2) is 0 Å². The van der Waals surface area contributed by atoms with Gasteiger partial charge >= 0.3 is 0 Å². The van der Waals surface area contributed by atoms with Gasteiger partial charge in [-0.05, 0) is 42.6 Å². The minimum Gasteiger partial charge on any atom is -0.352 e. The molecule has 1 heterocycles. The molecule has 5 nitrogen and oxygen atoms in total. The smallest absolute Gasteiger partial charge is 0.240 e. The minimum atomic E-state index is -3.46. The van der Waals surface area contributed by atoms with Crippen LogP contribution in [0.2, 0.25) is 0 Å². The van der Waals surface area contributed by atoms with Gasteiger partial charge in [-0.1, -0.05) is 18.2 Å². The number of aryl methyl sites for hydroxylation is 1. The van der Waals surface area contributed by atoms with Crippen LogP contribution < -0.4 is 10.0 Å². The highest BCUT2D eigenvalue weighted by Gasteiger charge is 2.11. The first-order valence-electron chi connectivity index (χ1n) is 6.83. The summed E-state index contributed by atoms with van der Waals surface area (Å²) < 4.78 is 25.7. The van der Waals surface area contributed by atoms with Crippen molar-refractivity contribution in [1.82, 2.24) is 10.0 Å². The Morgan fingerprint density at radius 3 is 2.73 bits per heavy atom. The number of hydrogen-bond acceptors (Lipinski definition) is 4. The highest BCUT2D eigenvalue weighted by atomic mass is 32.2. The summed E-state index contributed by atoms with van der Waals surface area (Å²) >= 11 is 1.63. The van der Waals surface area contributed by atoms with Crippen LogP contribution in [0.15, 0.2) is 46.7 Å². The number of benzene rings is 1. The number of sulfonamides is 1. The molecule has 0 bridgehead atoms. The molecule has 1 amide bonds. The fraction of sp³-hybridized carbons (Fsp3) is 0.267. The van der Waals surface area contributed by atoms with E-state index < -0.39 is 10.0 Å². The van der Waals surface area contributed by atoms with Crippen LogP contribution in [0.4, 0.5) is 0 Å².